The van der Waals surface area contributed by atoms with Crippen molar-refractivity contribution in [3.05, 3.63) is 6.42 Å². The fourth-order valence-corrected chi connectivity index (χ4v) is 1.76. The van der Waals surface area contributed by atoms with Gasteiger partial charge in [-0.15, -0.1) is 0 Å². The van der Waals surface area contributed by atoms with Crippen molar-refractivity contribution in [2.45, 2.75) is 78.2 Å². The predicted octanol–water partition coefficient (Wildman–Crippen LogP) is 4.28. The van der Waals surface area contributed by atoms with Crippen molar-refractivity contribution in [3.8, 4) is 0 Å². The van der Waals surface area contributed by atoms with Crippen LogP contribution >= 0.6 is 0 Å². The minimum Gasteiger partial charge on any atom is -0.463 e. The summed E-state index contributed by atoms with van der Waals surface area (Å²) in [4.78, 5) is 10.6. The summed E-state index contributed by atoms with van der Waals surface area (Å²) in [6.45, 7) is 5.62. The van der Waals surface area contributed by atoms with E-state index in [1.807, 2.05) is 6.92 Å². The van der Waals surface area contributed by atoms with Crippen molar-refractivity contribution in [1.29, 1.82) is 0 Å². The second-order valence-electron chi connectivity index (χ2n) is 4.46. The van der Waals surface area contributed by atoms with Gasteiger partial charge in [-0.3, -0.25) is 4.79 Å². The zero-order chi connectivity index (χ0) is 12.2. The molecule has 0 aliphatic heterocycles. The van der Waals surface area contributed by atoms with Gasteiger partial charge < -0.3 is 4.74 Å². The Hall–Kier alpha value is -0.530. The van der Waals surface area contributed by atoms with E-state index in [0.29, 0.717) is 0 Å². The second kappa shape index (κ2) is 11.0. The number of hydrogen-bond donors (Lipinski definition) is 0. The molecule has 0 amide bonds. The average molecular weight is 227 g/mol. The van der Waals surface area contributed by atoms with Crippen LogP contribution < -0.4 is 0 Å². The molecule has 0 heterocycles. The van der Waals surface area contributed by atoms with Gasteiger partial charge in [0.25, 0.3) is 0 Å². The van der Waals surface area contributed by atoms with Crippen LogP contribution in [0, 0.1) is 6.42 Å². The smallest absolute Gasteiger partial charge is 0.302 e. The first-order valence-electron chi connectivity index (χ1n) is 6.67. The lowest BCUT2D eigenvalue weighted by atomic mass is 10.1. The molecule has 0 N–H and O–H groups in total. The first-order valence-corrected chi connectivity index (χ1v) is 6.67. The van der Waals surface area contributed by atoms with Crippen molar-refractivity contribution in [3.63, 3.8) is 0 Å². The molecule has 0 aromatic carbocycles. The maximum atomic E-state index is 10.6. The number of unbranched alkanes of at least 4 members (excludes halogenated alkanes) is 7. The van der Waals surface area contributed by atoms with Gasteiger partial charge in [-0.1, -0.05) is 51.9 Å². The lowest BCUT2D eigenvalue weighted by molar-refractivity contribution is -0.144. The number of hydrogen-bond acceptors (Lipinski definition) is 2. The van der Waals surface area contributed by atoms with Crippen LogP contribution in [0.5, 0.6) is 0 Å². The fourth-order valence-electron chi connectivity index (χ4n) is 1.76. The van der Waals surface area contributed by atoms with Gasteiger partial charge in [0.05, 0.1) is 0 Å². The van der Waals surface area contributed by atoms with Crippen LogP contribution in [0.3, 0.4) is 0 Å². The Labute approximate surface area is 101 Å². The quantitative estimate of drug-likeness (QED) is 0.411. The van der Waals surface area contributed by atoms with Gasteiger partial charge in [0.15, 0.2) is 0 Å². The molecule has 0 aliphatic carbocycles. The molecule has 0 saturated heterocycles. The molecule has 95 valence electrons. The van der Waals surface area contributed by atoms with E-state index < -0.39 is 0 Å². The zero-order valence-corrected chi connectivity index (χ0v) is 11.1. The Bertz CT molecular complexity index is 166. The van der Waals surface area contributed by atoms with E-state index in [0.717, 1.165) is 6.42 Å². The van der Waals surface area contributed by atoms with Crippen molar-refractivity contribution in [2.24, 2.45) is 0 Å². The molecule has 0 fully saturated rings. The fraction of sp³-hybridized carbons (Fsp3) is 0.857. The van der Waals surface area contributed by atoms with Crippen LogP contribution in [0.2, 0.25) is 0 Å². The molecule has 2 nitrogen and oxygen atoms in total. The number of esters is 1. The van der Waals surface area contributed by atoms with Gasteiger partial charge >= 0.3 is 5.97 Å². The van der Waals surface area contributed by atoms with E-state index in [1.165, 1.54) is 51.9 Å². The van der Waals surface area contributed by atoms with Gasteiger partial charge in [-0.2, -0.15) is 0 Å². The topological polar surface area (TPSA) is 26.3 Å². The Morgan fingerprint density at radius 2 is 1.69 bits per heavy atom. The van der Waals surface area contributed by atoms with Gasteiger partial charge in [0.1, 0.15) is 6.10 Å². The summed E-state index contributed by atoms with van der Waals surface area (Å²) in [5, 5.41) is 0. The highest BCUT2D eigenvalue weighted by Gasteiger charge is 2.04. The lowest BCUT2D eigenvalue weighted by Crippen LogP contribution is -2.12. The molecule has 0 aromatic rings. The number of ether oxygens (including phenoxy) is 1. The molecule has 1 atom stereocenters. The Kier molecular flexibility index (Phi) is 10.6. The summed E-state index contributed by atoms with van der Waals surface area (Å²) in [5.41, 5.74) is 0. The SMILES string of the molecule is CCCCCCCCC[CH]C(C)OC(C)=O. The minimum absolute atomic E-state index is 0.0300. The van der Waals surface area contributed by atoms with E-state index in [4.69, 9.17) is 4.74 Å². The normalized spacial score (nSPS) is 12.4. The molecular weight excluding hydrogens is 200 g/mol. The van der Waals surface area contributed by atoms with Crippen molar-refractivity contribution in [2.75, 3.05) is 0 Å². The van der Waals surface area contributed by atoms with Crippen LogP contribution in [0.4, 0.5) is 0 Å². The maximum absolute atomic E-state index is 10.6. The molecule has 0 saturated carbocycles. The van der Waals surface area contributed by atoms with Crippen molar-refractivity contribution < 1.29 is 9.53 Å². The van der Waals surface area contributed by atoms with Crippen molar-refractivity contribution >= 4 is 5.97 Å². The summed E-state index contributed by atoms with van der Waals surface area (Å²) >= 11 is 0. The zero-order valence-electron chi connectivity index (χ0n) is 11.1. The third-order valence-corrected chi connectivity index (χ3v) is 2.66. The molecule has 0 rings (SSSR count). The van der Waals surface area contributed by atoms with E-state index >= 15 is 0 Å². The predicted molar refractivity (Wildman–Crippen MR) is 68.1 cm³/mol. The average Bonchev–Trinajstić information content (AvgIpc) is 2.21. The van der Waals surface area contributed by atoms with Gasteiger partial charge in [0, 0.05) is 13.3 Å². The molecule has 0 bridgehead atoms. The van der Waals surface area contributed by atoms with Crippen LogP contribution in [0.1, 0.15) is 72.1 Å². The molecule has 16 heavy (non-hydrogen) atoms. The molecule has 0 spiro atoms. The highest BCUT2D eigenvalue weighted by atomic mass is 16.5. The summed E-state index contributed by atoms with van der Waals surface area (Å²) in [6.07, 6.45) is 12.4. The standard InChI is InChI=1S/C14H27O2/c1-4-5-6-7-8-9-10-11-12-13(2)16-14(3)15/h12-13H,4-11H2,1-3H3. The maximum Gasteiger partial charge on any atom is 0.302 e. The van der Waals surface area contributed by atoms with Gasteiger partial charge in [-0.05, 0) is 13.3 Å². The van der Waals surface area contributed by atoms with Crippen LogP contribution in [-0.2, 0) is 9.53 Å². The second-order valence-corrected chi connectivity index (χ2v) is 4.46. The molecule has 0 aliphatic rings. The van der Waals surface area contributed by atoms with Gasteiger partial charge in [-0.25, -0.2) is 0 Å². The van der Waals surface area contributed by atoms with Crippen molar-refractivity contribution in [1.82, 2.24) is 0 Å². The summed E-state index contributed by atoms with van der Waals surface area (Å²) in [6, 6.07) is 0. The minimum atomic E-state index is -0.191. The van der Waals surface area contributed by atoms with Crippen LogP contribution in [-0.4, -0.2) is 12.1 Å². The van der Waals surface area contributed by atoms with Crippen LogP contribution in [0.25, 0.3) is 0 Å². The van der Waals surface area contributed by atoms with E-state index in [2.05, 4.69) is 13.3 Å². The third kappa shape index (κ3) is 11.5. The first kappa shape index (κ1) is 15.5. The van der Waals surface area contributed by atoms with E-state index in [9.17, 15) is 4.79 Å². The largest absolute Gasteiger partial charge is 0.463 e. The molecule has 0 aromatic heterocycles. The molecule has 1 radical (unpaired) electrons. The summed E-state index contributed by atoms with van der Waals surface area (Å²) in [7, 11) is 0. The van der Waals surface area contributed by atoms with E-state index in [1.54, 1.807) is 0 Å². The Balaban J connectivity index is 3.11. The molecule has 2 heteroatoms. The van der Waals surface area contributed by atoms with Crippen LogP contribution in [0.15, 0.2) is 0 Å². The van der Waals surface area contributed by atoms with E-state index in [-0.39, 0.29) is 12.1 Å². The first-order chi connectivity index (χ1) is 7.66. The monoisotopic (exact) mass is 227 g/mol. The van der Waals surface area contributed by atoms with Gasteiger partial charge in [0.2, 0.25) is 0 Å². The number of rotatable bonds is 10. The summed E-state index contributed by atoms with van der Waals surface area (Å²) in [5.74, 6) is -0.191. The third-order valence-electron chi connectivity index (χ3n) is 2.66. The lowest BCUT2D eigenvalue weighted by Gasteiger charge is -2.10. The molecular formula is C14H27O2. The summed E-state index contributed by atoms with van der Waals surface area (Å²) < 4.78 is 5.02. The highest BCUT2D eigenvalue weighted by Crippen LogP contribution is 2.11. The Morgan fingerprint density at radius 1 is 1.12 bits per heavy atom. The number of carbonyl (C=O) groups is 1. The molecule has 1 unspecified atom stereocenters. The Morgan fingerprint density at radius 3 is 2.25 bits per heavy atom. The highest BCUT2D eigenvalue weighted by molar-refractivity contribution is 5.66. The number of carbonyl (C=O) groups excluding carboxylic acids is 1.